The van der Waals surface area contributed by atoms with Gasteiger partial charge >= 0.3 is 0 Å². The molecule has 1 heterocycles. The van der Waals surface area contributed by atoms with E-state index in [9.17, 15) is 9.59 Å². The molecule has 0 aliphatic carbocycles. The van der Waals surface area contributed by atoms with Crippen LogP contribution >= 0.6 is 0 Å². The molecule has 0 aromatic carbocycles. The molecular formula is C11H20N2O2. The minimum absolute atomic E-state index is 0.302. The van der Waals surface area contributed by atoms with Gasteiger partial charge in [-0.1, -0.05) is 6.42 Å². The molecular weight excluding hydrogens is 192 g/mol. The van der Waals surface area contributed by atoms with Crippen LogP contribution < -0.4 is 5.32 Å². The predicted molar refractivity (Wildman–Crippen MR) is 58.3 cm³/mol. The first-order valence-corrected chi connectivity index (χ1v) is 5.79. The van der Waals surface area contributed by atoms with Gasteiger partial charge < -0.3 is 10.2 Å². The van der Waals surface area contributed by atoms with Crippen LogP contribution in [0.25, 0.3) is 0 Å². The Morgan fingerprint density at radius 3 is 2.60 bits per heavy atom. The summed E-state index contributed by atoms with van der Waals surface area (Å²) in [5.41, 5.74) is 0. The first-order valence-electron chi connectivity index (χ1n) is 5.79. The number of likely N-dealkylation sites (tertiary alicyclic amines) is 1. The third-order valence-electron chi connectivity index (χ3n) is 2.75. The summed E-state index contributed by atoms with van der Waals surface area (Å²) >= 11 is 0. The zero-order valence-corrected chi connectivity index (χ0v) is 9.21. The fourth-order valence-corrected chi connectivity index (χ4v) is 1.86. The fourth-order valence-electron chi connectivity index (χ4n) is 1.86. The molecule has 2 amide bonds. The number of hydrogen-bond acceptors (Lipinski definition) is 2. The van der Waals surface area contributed by atoms with Gasteiger partial charge in [0.1, 0.15) is 0 Å². The van der Waals surface area contributed by atoms with E-state index < -0.39 is 0 Å². The maximum absolute atomic E-state index is 11.6. The van der Waals surface area contributed by atoms with Crippen molar-refractivity contribution in [1.29, 1.82) is 0 Å². The standard InChI is InChI=1S/C11H20N2O2/c14-10-12-7-3-1-2-6-11(15)13-8-4-5-9-13/h10H,1-9H2,(H,12,14). The van der Waals surface area contributed by atoms with E-state index in [2.05, 4.69) is 5.32 Å². The Labute approximate surface area is 91.0 Å². The van der Waals surface area contributed by atoms with Crippen molar-refractivity contribution in [1.82, 2.24) is 10.2 Å². The number of nitrogens with zero attached hydrogens (tertiary/aromatic N) is 1. The van der Waals surface area contributed by atoms with Gasteiger partial charge in [0.15, 0.2) is 0 Å². The fraction of sp³-hybridized carbons (Fsp3) is 0.818. The van der Waals surface area contributed by atoms with Crippen molar-refractivity contribution in [3.63, 3.8) is 0 Å². The molecule has 0 aromatic rings. The van der Waals surface area contributed by atoms with Gasteiger partial charge in [-0.3, -0.25) is 9.59 Å². The third kappa shape index (κ3) is 4.81. The van der Waals surface area contributed by atoms with Crippen LogP contribution in [0.15, 0.2) is 0 Å². The second kappa shape index (κ2) is 7.26. The molecule has 0 aromatic heterocycles. The minimum Gasteiger partial charge on any atom is -0.359 e. The lowest BCUT2D eigenvalue weighted by molar-refractivity contribution is -0.130. The van der Waals surface area contributed by atoms with E-state index in [1.54, 1.807) is 0 Å². The number of carbonyl (C=O) groups is 2. The van der Waals surface area contributed by atoms with Gasteiger partial charge in [-0.15, -0.1) is 0 Å². The highest BCUT2D eigenvalue weighted by Gasteiger charge is 2.16. The number of nitrogens with one attached hydrogen (secondary N) is 1. The van der Waals surface area contributed by atoms with Gasteiger partial charge in [0.25, 0.3) is 0 Å². The summed E-state index contributed by atoms with van der Waals surface area (Å²) in [4.78, 5) is 23.5. The van der Waals surface area contributed by atoms with E-state index in [1.807, 2.05) is 4.90 Å². The SMILES string of the molecule is O=CNCCCCCC(=O)N1CCCC1. The summed E-state index contributed by atoms with van der Waals surface area (Å²) in [6, 6.07) is 0. The molecule has 0 bridgehead atoms. The second-order valence-electron chi connectivity index (χ2n) is 3.97. The van der Waals surface area contributed by atoms with Crippen LogP contribution in [0.2, 0.25) is 0 Å². The van der Waals surface area contributed by atoms with E-state index >= 15 is 0 Å². The van der Waals surface area contributed by atoms with Crippen LogP contribution in [-0.4, -0.2) is 36.9 Å². The Morgan fingerprint density at radius 2 is 1.93 bits per heavy atom. The lowest BCUT2D eigenvalue weighted by Crippen LogP contribution is -2.27. The van der Waals surface area contributed by atoms with E-state index in [4.69, 9.17) is 0 Å². The highest BCUT2D eigenvalue weighted by molar-refractivity contribution is 5.76. The predicted octanol–water partition coefficient (Wildman–Crippen LogP) is 0.915. The normalized spacial score (nSPS) is 15.3. The van der Waals surface area contributed by atoms with Crippen molar-refractivity contribution < 1.29 is 9.59 Å². The summed E-state index contributed by atoms with van der Waals surface area (Å²) in [7, 11) is 0. The average molecular weight is 212 g/mol. The Morgan fingerprint density at radius 1 is 1.20 bits per heavy atom. The number of carbonyl (C=O) groups excluding carboxylic acids is 2. The molecule has 1 rings (SSSR count). The van der Waals surface area contributed by atoms with Crippen LogP contribution in [-0.2, 0) is 9.59 Å². The van der Waals surface area contributed by atoms with Crippen molar-refractivity contribution in [2.24, 2.45) is 0 Å². The van der Waals surface area contributed by atoms with Crippen LogP contribution in [0, 0.1) is 0 Å². The summed E-state index contributed by atoms with van der Waals surface area (Å²) in [5, 5.41) is 2.62. The van der Waals surface area contributed by atoms with Gasteiger partial charge in [-0.2, -0.15) is 0 Å². The average Bonchev–Trinajstić information content (AvgIpc) is 2.76. The molecule has 1 aliphatic rings. The lowest BCUT2D eigenvalue weighted by atomic mass is 10.2. The van der Waals surface area contributed by atoms with E-state index in [0.29, 0.717) is 12.3 Å². The first kappa shape index (κ1) is 12.0. The maximum atomic E-state index is 11.6. The summed E-state index contributed by atoms with van der Waals surface area (Å²) < 4.78 is 0. The van der Waals surface area contributed by atoms with Crippen LogP contribution in [0.3, 0.4) is 0 Å². The minimum atomic E-state index is 0.302. The molecule has 0 atom stereocenters. The smallest absolute Gasteiger partial charge is 0.222 e. The number of amides is 2. The number of hydrogen-bond donors (Lipinski definition) is 1. The molecule has 1 aliphatic heterocycles. The van der Waals surface area contributed by atoms with E-state index in [0.717, 1.165) is 58.1 Å². The molecule has 1 N–H and O–H groups in total. The Hall–Kier alpha value is -1.06. The summed E-state index contributed by atoms with van der Waals surface area (Å²) in [5.74, 6) is 0.302. The molecule has 0 unspecified atom stereocenters. The van der Waals surface area contributed by atoms with Crippen LogP contribution in [0.1, 0.15) is 38.5 Å². The lowest BCUT2D eigenvalue weighted by Gasteiger charge is -2.14. The van der Waals surface area contributed by atoms with E-state index in [-0.39, 0.29) is 0 Å². The molecule has 1 saturated heterocycles. The summed E-state index contributed by atoms with van der Waals surface area (Å²) in [6.45, 7) is 2.62. The second-order valence-corrected chi connectivity index (χ2v) is 3.97. The Balaban J connectivity index is 1.94. The zero-order chi connectivity index (χ0) is 10.9. The molecule has 4 nitrogen and oxygen atoms in total. The Kier molecular flexibility index (Phi) is 5.81. The maximum Gasteiger partial charge on any atom is 0.222 e. The van der Waals surface area contributed by atoms with Gasteiger partial charge in [0, 0.05) is 26.1 Å². The molecule has 15 heavy (non-hydrogen) atoms. The zero-order valence-electron chi connectivity index (χ0n) is 9.21. The topological polar surface area (TPSA) is 49.4 Å². The highest BCUT2D eigenvalue weighted by atomic mass is 16.2. The van der Waals surface area contributed by atoms with Crippen molar-refractivity contribution in [2.45, 2.75) is 38.5 Å². The molecule has 86 valence electrons. The van der Waals surface area contributed by atoms with Crippen molar-refractivity contribution in [3.8, 4) is 0 Å². The van der Waals surface area contributed by atoms with Crippen molar-refractivity contribution in [2.75, 3.05) is 19.6 Å². The third-order valence-corrected chi connectivity index (χ3v) is 2.75. The number of unbranched alkanes of at least 4 members (excludes halogenated alkanes) is 2. The van der Waals surface area contributed by atoms with Gasteiger partial charge in [0.2, 0.25) is 12.3 Å². The monoisotopic (exact) mass is 212 g/mol. The van der Waals surface area contributed by atoms with Crippen LogP contribution in [0.4, 0.5) is 0 Å². The first-order chi connectivity index (χ1) is 7.34. The largest absolute Gasteiger partial charge is 0.359 e. The quantitative estimate of drug-likeness (QED) is 0.504. The molecule has 4 heteroatoms. The van der Waals surface area contributed by atoms with Gasteiger partial charge in [-0.05, 0) is 25.7 Å². The molecule has 1 fully saturated rings. The van der Waals surface area contributed by atoms with Crippen LogP contribution in [0.5, 0.6) is 0 Å². The van der Waals surface area contributed by atoms with Gasteiger partial charge in [-0.25, -0.2) is 0 Å². The van der Waals surface area contributed by atoms with E-state index in [1.165, 1.54) is 0 Å². The van der Waals surface area contributed by atoms with Crippen molar-refractivity contribution in [3.05, 3.63) is 0 Å². The molecule has 0 spiro atoms. The highest BCUT2D eigenvalue weighted by Crippen LogP contribution is 2.10. The summed E-state index contributed by atoms with van der Waals surface area (Å²) in [6.07, 6.45) is 6.63. The molecule has 0 radical (unpaired) electrons. The Bertz CT molecular complexity index is 201. The van der Waals surface area contributed by atoms with Gasteiger partial charge in [0.05, 0.1) is 0 Å². The van der Waals surface area contributed by atoms with Crippen molar-refractivity contribution >= 4 is 12.3 Å². The number of rotatable bonds is 7. The molecule has 0 saturated carbocycles.